The minimum atomic E-state index is -0.416. The molecule has 4 heterocycles. The number of fused-ring (bicyclic) bond motifs is 1. The molecule has 4 aromatic rings. The summed E-state index contributed by atoms with van der Waals surface area (Å²) in [7, 11) is 0. The van der Waals surface area contributed by atoms with E-state index >= 15 is 0 Å². The first kappa shape index (κ1) is 32.5. The Morgan fingerprint density at radius 3 is 2.77 bits per heavy atom. The number of anilines is 1. The number of allylic oxidation sites excluding steroid dienone is 2. The van der Waals surface area contributed by atoms with Gasteiger partial charge in [-0.25, -0.2) is 14.4 Å². The van der Waals surface area contributed by atoms with E-state index in [0.717, 1.165) is 86.5 Å². The van der Waals surface area contributed by atoms with Crippen LogP contribution in [0, 0.1) is 29.5 Å². The SMILES string of the molecule is C=C(CC)NC(=C)CCn1c(C#N)cc2c(C)c(CN3CCCC4(CCN(c5ncncc5Oc5ccc(F)cc5Cl)C4)C3)ccc21. The molecular formula is C37H41ClFN7O. The van der Waals surface area contributed by atoms with E-state index in [4.69, 9.17) is 16.3 Å². The monoisotopic (exact) mass is 653 g/mol. The number of halogens is 2. The summed E-state index contributed by atoms with van der Waals surface area (Å²) in [5, 5.41) is 14.6. The molecule has 0 amide bonds. The zero-order valence-corrected chi connectivity index (χ0v) is 27.9. The molecule has 0 saturated carbocycles. The van der Waals surface area contributed by atoms with Crippen LogP contribution >= 0.6 is 11.6 Å². The van der Waals surface area contributed by atoms with Gasteiger partial charge in [0.05, 0.1) is 11.2 Å². The molecule has 2 aliphatic heterocycles. The Balaban J connectivity index is 1.15. The Hall–Kier alpha value is -4.39. The summed E-state index contributed by atoms with van der Waals surface area (Å²) >= 11 is 6.25. The second kappa shape index (κ2) is 13.8. The van der Waals surface area contributed by atoms with E-state index in [1.54, 1.807) is 6.20 Å². The van der Waals surface area contributed by atoms with E-state index in [9.17, 15) is 9.65 Å². The molecule has 8 nitrogen and oxygen atoms in total. The average Bonchev–Trinajstić information content (AvgIpc) is 3.64. The molecule has 2 aromatic carbocycles. The van der Waals surface area contributed by atoms with E-state index in [-0.39, 0.29) is 10.4 Å². The standard InChI is InChI=1S/C37H41ClFN7O/c1-5-25(2)43-26(3)11-15-46-30(19-40)18-31-27(4)28(7-9-33(31)46)21-44-14-6-12-37(22-44)13-16-45(23-37)36-35(20-41-24-42-36)47-34-10-8-29(39)17-32(34)38/h7-10,17-18,20,24,43H,2-3,5-6,11-16,21-23H2,1,4H3. The average molecular weight is 654 g/mol. The molecule has 1 unspecified atom stereocenters. The van der Waals surface area contributed by atoms with Crippen molar-refractivity contribution in [1.82, 2.24) is 24.8 Å². The van der Waals surface area contributed by atoms with Crippen molar-refractivity contribution in [3.63, 3.8) is 0 Å². The molecule has 2 saturated heterocycles. The Morgan fingerprint density at radius 2 is 1.98 bits per heavy atom. The van der Waals surface area contributed by atoms with Gasteiger partial charge in [-0.05, 0) is 80.6 Å². The van der Waals surface area contributed by atoms with Crippen LogP contribution in [0.15, 0.2) is 73.5 Å². The van der Waals surface area contributed by atoms with Crippen molar-refractivity contribution in [3.05, 3.63) is 101 Å². The van der Waals surface area contributed by atoms with Crippen molar-refractivity contribution in [3.8, 4) is 17.6 Å². The third-order valence-corrected chi connectivity index (χ3v) is 9.94. The molecule has 0 bridgehead atoms. The second-order valence-corrected chi connectivity index (χ2v) is 13.3. The second-order valence-electron chi connectivity index (χ2n) is 12.9. The normalized spacial score (nSPS) is 18.1. The maximum Gasteiger partial charge on any atom is 0.188 e. The Labute approximate surface area is 281 Å². The highest BCUT2D eigenvalue weighted by atomic mass is 35.5. The van der Waals surface area contributed by atoms with Crippen LogP contribution < -0.4 is 15.0 Å². The summed E-state index contributed by atoms with van der Waals surface area (Å²) in [5.41, 5.74) is 6.25. The molecule has 1 spiro atoms. The predicted molar refractivity (Wildman–Crippen MR) is 185 cm³/mol. The maximum atomic E-state index is 13.6. The molecule has 2 aliphatic rings. The van der Waals surface area contributed by atoms with Gasteiger partial charge in [-0.3, -0.25) is 4.90 Å². The lowest BCUT2D eigenvalue weighted by molar-refractivity contribution is 0.0990. The molecule has 6 rings (SSSR count). The van der Waals surface area contributed by atoms with Crippen molar-refractivity contribution in [2.24, 2.45) is 5.41 Å². The molecule has 1 N–H and O–H groups in total. The molecular weight excluding hydrogens is 613 g/mol. The first-order valence-electron chi connectivity index (χ1n) is 16.2. The number of nitriles is 1. The lowest BCUT2D eigenvalue weighted by atomic mass is 9.79. The van der Waals surface area contributed by atoms with Gasteiger partial charge in [-0.1, -0.05) is 37.7 Å². The largest absolute Gasteiger partial charge is 0.450 e. The maximum absolute atomic E-state index is 13.6. The topological polar surface area (TPSA) is 82.2 Å². The fraction of sp³-hybridized carbons (Fsp3) is 0.378. The molecule has 10 heteroatoms. The number of likely N-dealkylation sites (tertiary alicyclic amines) is 1. The van der Waals surface area contributed by atoms with Gasteiger partial charge in [-0.15, -0.1) is 0 Å². The number of nitrogens with one attached hydrogen (secondary N) is 1. The van der Waals surface area contributed by atoms with Gasteiger partial charge in [0.15, 0.2) is 11.6 Å². The van der Waals surface area contributed by atoms with Crippen LogP contribution in [0.3, 0.4) is 0 Å². The number of piperidine rings is 1. The van der Waals surface area contributed by atoms with Crippen LogP contribution in [0.4, 0.5) is 10.2 Å². The third kappa shape index (κ3) is 6.99. The first-order chi connectivity index (χ1) is 22.7. The number of ether oxygens (including phenoxy) is 1. The minimum Gasteiger partial charge on any atom is -0.450 e. The number of rotatable bonds is 11. The van der Waals surface area contributed by atoms with Gasteiger partial charge in [0, 0.05) is 66.9 Å². The summed E-state index contributed by atoms with van der Waals surface area (Å²) in [6.07, 6.45) is 8.08. The van der Waals surface area contributed by atoms with Gasteiger partial charge in [0.2, 0.25) is 0 Å². The highest BCUT2D eigenvalue weighted by Crippen LogP contribution is 2.43. The lowest BCUT2D eigenvalue weighted by Gasteiger charge is -2.40. The lowest BCUT2D eigenvalue weighted by Crippen LogP contribution is -2.44. The van der Waals surface area contributed by atoms with E-state index in [1.165, 1.54) is 35.7 Å². The molecule has 2 aromatic heterocycles. The predicted octanol–water partition coefficient (Wildman–Crippen LogP) is 8.11. The molecule has 0 aliphatic carbocycles. The Kier molecular flexibility index (Phi) is 9.53. The van der Waals surface area contributed by atoms with Crippen LogP contribution in [0.5, 0.6) is 11.5 Å². The van der Waals surface area contributed by atoms with Crippen LogP contribution in [0.25, 0.3) is 10.9 Å². The van der Waals surface area contributed by atoms with E-state index < -0.39 is 5.82 Å². The van der Waals surface area contributed by atoms with Crippen molar-refractivity contribution >= 4 is 28.3 Å². The van der Waals surface area contributed by atoms with Gasteiger partial charge in [-0.2, -0.15) is 5.26 Å². The van der Waals surface area contributed by atoms with Gasteiger partial charge < -0.3 is 19.5 Å². The van der Waals surface area contributed by atoms with Crippen LogP contribution in [-0.4, -0.2) is 45.6 Å². The van der Waals surface area contributed by atoms with Gasteiger partial charge >= 0.3 is 0 Å². The van der Waals surface area contributed by atoms with Crippen molar-refractivity contribution in [1.29, 1.82) is 5.26 Å². The van der Waals surface area contributed by atoms with E-state index in [1.807, 2.05) is 6.07 Å². The third-order valence-electron chi connectivity index (χ3n) is 9.64. The van der Waals surface area contributed by atoms with Gasteiger partial charge in [0.25, 0.3) is 0 Å². The summed E-state index contributed by atoms with van der Waals surface area (Å²) in [5.74, 6) is 1.18. The fourth-order valence-electron chi connectivity index (χ4n) is 7.11. The fourth-order valence-corrected chi connectivity index (χ4v) is 7.31. The Morgan fingerprint density at radius 1 is 1.13 bits per heavy atom. The first-order valence-corrected chi connectivity index (χ1v) is 16.6. The summed E-state index contributed by atoms with van der Waals surface area (Å²) in [4.78, 5) is 13.6. The van der Waals surface area contributed by atoms with Gasteiger partial charge in [0.1, 0.15) is 29.7 Å². The molecule has 0 radical (unpaired) electrons. The zero-order chi connectivity index (χ0) is 33.1. The highest BCUT2D eigenvalue weighted by Gasteiger charge is 2.42. The molecule has 2 fully saturated rings. The number of benzene rings is 2. The van der Waals surface area contributed by atoms with Crippen LogP contribution in [0.1, 0.15) is 55.8 Å². The quantitative estimate of drug-likeness (QED) is 0.175. The van der Waals surface area contributed by atoms with Crippen LogP contribution in [0.2, 0.25) is 5.02 Å². The molecule has 1 atom stereocenters. The van der Waals surface area contributed by atoms with Crippen molar-refractivity contribution in [2.45, 2.75) is 59.0 Å². The number of nitrogens with zero attached hydrogens (tertiary/aromatic N) is 6. The summed E-state index contributed by atoms with van der Waals surface area (Å²) < 4.78 is 21.8. The smallest absolute Gasteiger partial charge is 0.188 e. The zero-order valence-electron chi connectivity index (χ0n) is 27.2. The number of aromatic nitrogens is 3. The van der Waals surface area contributed by atoms with Crippen molar-refractivity contribution in [2.75, 3.05) is 31.1 Å². The van der Waals surface area contributed by atoms with Crippen LogP contribution in [-0.2, 0) is 13.1 Å². The van der Waals surface area contributed by atoms with Crippen molar-refractivity contribution < 1.29 is 9.13 Å². The van der Waals surface area contributed by atoms with E-state index in [2.05, 4.69) is 74.9 Å². The summed E-state index contributed by atoms with van der Waals surface area (Å²) in [6, 6.07) is 12.9. The Bertz CT molecular complexity index is 1860. The summed E-state index contributed by atoms with van der Waals surface area (Å²) in [6.45, 7) is 17.7. The van der Waals surface area contributed by atoms with E-state index in [0.29, 0.717) is 30.2 Å². The highest BCUT2D eigenvalue weighted by molar-refractivity contribution is 6.32. The molecule has 244 valence electrons. The number of aryl methyl sites for hydroxylation is 2. The number of hydrogen-bond donors (Lipinski definition) is 1. The number of hydrogen-bond acceptors (Lipinski definition) is 7. The molecule has 47 heavy (non-hydrogen) atoms. The minimum absolute atomic E-state index is 0.142.